The molecule has 88 valence electrons. The van der Waals surface area contributed by atoms with E-state index in [1.165, 1.54) is 18.5 Å². The van der Waals surface area contributed by atoms with E-state index in [0.717, 1.165) is 4.52 Å². The van der Waals surface area contributed by atoms with Crippen LogP contribution in [0.3, 0.4) is 0 Å². The van der Waals surface area contributed by atoms with Gasteiger partial charge >= 0.3 is 5.97 Å². The SMILES string of the molecule is O=C(O)CNC(=O)c1c(O)ccc2ncnn12. The fourth-order valence-corrected chi connectivity index (χ4v) is 1.33. The van der Waals surface area contributed by atoms with Gasteiger partial charge in [0.2, 0.25) is 0 Å². The Morgan fingerprint density at radius 1 is 1.41 bits per heavy atom. The quantitative estimate of drug-likeness (QED) is 0.645. The molecule has 0 unspecified atom stereocenters. The number of fused-ring (bicyclic) bond motifs is 1. The molecule has 8 heteroatoms. The Bertz CT molecular complexity index is 592. The Morgan fingerprint density at radius 2 is 2.18 bits per heavy atom. The number of carbonyl (C=O) groups excluding carboxylic acids is 1. The van der Waals surface area contributed by atoms with Gasteiger partial charge < -0.3 is 15.5 Å². The van der Waals surface area contributed by atoms with Crippen molar-refractivity contribution in [2.24, 2.45) is 0 Å². The van der Waals surface area contributed by atoms with Gasteiger partial charge in [0.05, 0.1) is 0 Å². The number of carboxylic acid groups (broad SMARTS) is 1. The Labute approximate surface area is 94.5 Å². The molecule has 2 rings (SSSR count). The molecule has 2 aromatic heterocycles. The average molecular weight is 236 g/mol. The summed E-state index contributed by atoms with van der Waals surface area (Å²) < 4.78 is 1.13. The molecule has 0 fully saturated rings. The van der Waals surface area contributed by atoms with Gasteiger partial charge in [-0.1, -0.05) is 0 Å². The lowest BCUT2D eigenvalue weighted by Crippen LogP contribution is -2.30. The minimum absolute atomic E-state index is 0.152. The lowest BCUT2D eigenvalue weighted by Gasteiger charge is -2.06. The van der Waals surface area contributed by atoms with Crippen molar-refractivity contribution >= 4 is 17.5 Å². The zero-order valence-corrected chi connectivity index (χ0v) is 8.49. The topological polar surface area (TPSA) is 117 Å². The van der Waals surface area contributed by atoms with Crippen LogP contribution in [0.4, 0.5) is 0 Å². The van der Waals surface area contributed by atoms with Crippen molar-refractivity contribution in [3.63, 3.8) is 0 Å². The summed E-state index contributed by atoms with van der Waals surface area (Å²) in [7, 11) is 0. The maximum absolute atomic E-state index is 11.7. The third-order valence-corrected chi connectivity index (χ3v) is 2.03. The molecule has 0 atom stereocenters. The number of carbonyl (C=O) groups is 2. The number of carboxylic acids is 1. The second-order valence-electron chi connectivity index (χ2n) is 3.17. The Kier molecular flexibility index (Phi) is 2.61. The van der Waals surface area contributed by atoms with Gasteiger partial charge in [-0.2, -0.15) is 5.10 Å². The van der Waals surface area contributed by atoms with Gasteiger partial charge in [-0.05, 0) is 12.1 Å². The Morgan fingerprint density at radius 3 is 2.88 bits per heavy atom. The highest BCUT2D eigenvalue weighted by Gasteiger charge is 2.17. The van der Waals surface area contributed by atoms with E-state index in [9.17, 15) is 14.7 Å². The van der Waals surface area contributed by atoms with Gasteiger partial charge in [0.1, 0.15) is 18.6 Å². The zero-order chi connectivity index (χ0) is 12.4. The minimum atomic E-state index is -1.18. The Balaban J connectivity index is 2.39. The normalized spacial score (nSPS) is 10.4. The van der Waals surface area contributed by atoms with Gasteiger partial charge in [0, 0.05) is 0 Å². The maximum Gasteiger partial charge on any atom is 0.322 e. The van der Waals surface area contributed by atoms with Crippen molar-refractivity contribution in [3.8, 4) is 5.75 Å². The first kappa shape index (κ1) is 10.9. The predicted octanol–water partition coefficient (Wildman–Crippen LogP) is -0.751. The van der Waals surface area contributed by atoms with Crippen molar-refractivity contribution in [2.75, 3.05) is 6.54 Å². The van der Waals surface area contributed by atoms with Gasteiger partial charge in [-0.15, -0.1) is 0 Å². The van der Waals surface area contributed by atoms with E-state index < -0.39 is 18.4 Å². The molecule has 8 nitrogen and oxygen atoms in total. The number of nitrogens with one attached hydrogen (secondary N) is 1. The van der Waals surface area contributed by atoms with E-state index in [0.29, 0.717) is 5.65 Å². The smallest absolute Gasteiger partial charge is 0.322 e. The zero-order valence-electron chi connectivity index (χ0n) is 8.49. The van der Waals surface area contributed by atoms with Crippen LogP contribution in [0, 0.1) is 0 Å². The van der Waals surface area contributed by atoms with Gasteiger partial charge in [0.15, 0.2) is 11.3 Å². The van der Waals surface area contributed by atoms with Crippen LogP contribution in [0.5, 0.6) is 5.75 Å². The summed E-state index contributed by atoms with van der Waals surface area (Å²) in [5, 5.41) is 23.9. The highest BCUT2D eigenvalue weighted by molar-refractivity contribution is 5.97. The van der Waals surface area contributed by atoms with Crippen LogP contribution in [0.1, 0.15) is 10.5 Å². The summed E-state index contributed by atoms with van der Waals surface area (Å²) in [4.78, 5) is 25.8. The third kappa shape index (κ3) is 2.00. The molecule has 0 spiro atoms. The van der Waals surface area contributed by atoms with Gasteiger partial charge in [-0.3, -0.25) is 9.59 Å². The molecule has 1 amide bonds. The second-order valence-corrected chi connectivity index (χ2v) is 3.17. The second kappa shape index (κ2) is 4.08. The molecule has 0 aliphatic carbocycles. The van der Waals surface area contributed by atoms with Crippen LogP contribution in [0.2, 0.25) is 0 Å². The molecule has 0 saturated carbocycles. The van der Waals surface area contributed by atoms with Gasteiger partial charge in [-0.25, -0.2) is 9.50 Å². The van der Waals surface area contributed by atoms with E-state index in [2.05, 4.69) is 15.4 Å². The molecule has 2 aromatic rings. The number of hydrogen-bond donors (Lipinski definition) is 3. The number of rotatable bonds is 3. The maximum atomic E-state index is 11.7. The molecule has 0 aliphatic rings. The van der Waals surface area contributed by atoms with Crippen LogP contribution >= 0.6 is 0 Å². The number of hydrogen-bond acceptors (Lipinski definition) is 5. The Hall–Kier alpha value is -2.64. The summed E-state index contributed by atoms with van der Waals surface area (Å²) in [6, 6.07) is 2.77. The first-order chi connectivity index (χ1) is 8.09. The summed E-state index contributed by atoms with van der Waals surface area (Å²) in [5.41, 5.74) is 0.226. The molecule has 2 heterocycles. The van der Waals surface area contributed by atoms with Crippen LogP contribution in [-0.4, -0.2) is 43.2 Å². The number of aliphatic carboxylic acids is 1. The third-order valence-electron chi connectivity index (χ3n) is 2.03. The lowest BCUT2D eigenvalue weighted by molar-refractivity contribution is -0.135. The van der Waals surface area contributed by atoms with Crippen molar-refractivity contribution in [2.45, 2.75) is 0 Å². The van der Waals surface area contributed by atoms with Crippen molar-refractivity contribution < 1.29 is 19.8 Å². The number of amides is 1. The number of aromatic hydroxyl groups is 1. The van der Waals surface area contributed by atoms with Crippen molar-refractivity contribution in [1.29, 1.82) is 0 Å². The fourth-order valence-electron chi connectivity index (χ4n) is 1.33. The van der Waals surface area contributed by atoms with Crippen LogP contribution in [0.25, 0.3) is 5.65 Å². The molecule has 0 bridgehead atoms. The van der Waals surface area contributed by atoms with E-state index in [1.807, 2.05) is 0 Å². The summed E-state index contributed by atoms with van der Waals surface area (Å²) in [5.74, 6) is -2.21. The molecule has 0 radical (unpaired) electrons. The van der Waals surface area contributed by atoms with Crippen molar-refractivity contribution in [1.82, 2.24) is 19.9 Å². The molecule has 0 aliphatic heterocycles. The van der Waals surface area contributed by atoms with Gasteiger partial charge in [0.25, 0.3) is 5.91 Å². The summed E-state index contributed by atoms with van der Waals surface area (Å²) >= 11 is 0. The standard InChI is InChI=1S/C9H8N4O4/c14-5-1-2-6-11-4-12-13(6)8(5)9(17)10-3-7(15)16/h1-2,4,14H,3H2,(H,10,17)(H,15,16). The number of pyridine rings is 1. The average Bonchev–Trinajstić information content (AvgIpc) is 2.73. The summed E-state index contributed by atoms with van der Waals surface area (Å²) in [6.45, 7) is -0.538. The van der Waals surface area contributed by atoms with Crippen LogP contribution < -0.4 is 5.32 Å². The highest BCUT2D eigenvalue weighted by Crippen LogP contribution is 2.17. The first-order valence-corrected chi connectivity index (χ1v) is 4.61. The molecule has 0 aromatic carbocycles. The fraction of sp³-hybridized carbons (Fsp3) is 0.111. The predicted molar refractivity (Wildman–Crippen MR) is 54.6 cm³/mol. The molecule has 0 saturated heterocycles. The van der Waals surface area contributed by atoms with Crippen LogP contribution in [-0.2, 0) is 4.79 Å². The largest absolute Gasteiger partial charge is 0.505 e. The number of nitrogens with zero attached hydrogens (tertiary/aromatic N) is 3. The minimum Gasteiger partial charge on any atom is -0.505 e. The molecular weight excluding hydrogens is 228 g/mol. The van der Waals surface area contributed by atoms with E-state index in [4.69, 9.17) is 5.11 Å². The summed E-state index contributed by atoms with van der Waals surface area (Å²) in [6.07, 6.45) is 1.22. The van der Waals surface area contributed by atoms with Crippen LogP contribution in [0.15, 0.2) is 18.5 Å². The highest BCUT2D eigenvalue weighted by atomic mass is 16.4. The molecule has 17 heavy (non-hydrogen) atoms. The van der Waals surface area contributed by atoms with E-state index >= 15 is 0 Å². The monoisotopic (exact) mass is 236 g/mol. The first-order valence-electron chi connectivity index (χ1n) is 4.61. The molecular formula is C9H8N4O4. The number of aromatic nitrogens is 3. The van der Waals surface area contributed by atoms with Crippen molar-refractivity contribution in [3.05, 3.63) is 24.2 Å². The van der Waals surface area contributed by atoms with E-state index in [1.54, 1.807) is 0 Å². The molecule has 3 N–H and O–H groups in total. The lowest BCUT2D eigenvalue weighted by atomic mass is 10.3. The van der Waals surface area contributed by atoms with E-state index in [-0.39, 0.29) is 11.4 Å².